The number of aromatic nitrogens is 2. The van der Waals surface area contributed by atoms with E-state index in [1.54, 1.807) is 0 Å². The molecule has 4 rings (SSSR count). The van der Waals surface area contributed by atoms with Gasteiger partial charge in [0.25, 0.3) is 0 Å². The molecule has 1 aliphatic carbocycles. The summed E-state index contributed by atoms with van der Waals surface area (Å²) < 4.78 is 11.4. The molecule has 2 aromatic heterocycles. The first-order valence-electron chi connectivity index (χ1n) is 9.82. The van der Waals surface area contributed by atoms with Crippen LogP contribution in [0.25, 0.3) is 5.69 Å². The summed E-state index contributed by atoms with van der Waals surface area (Å²) >= 11 is 2.49. The first-order chi connectivity index (χ1) is 15.0. The zero-order chi connectivity index (χ0) is 22.0. The van der Waals surface area contributed by atoms with E-state index in [-0.39, 0.29) is 16.7 Å². The van der Waals surface area contributed by atoms with Crippen LogP contribution in [-0.2, 0) is 22.4 Å². The molecule has 1 amide bonds. The Kier molecular flexibility index (Phi) is 6.28. The lowest BCUT2D eigenvalue weighted by atomic mass is 9.88. The molecule has 8 nitrogen and oxygen atoms in total. The molecule has 1 unspecified atom stereocenters. The van der Waals surface area contributed by atoms with Crippen LogP contribution in [0, 0.1) is 5.92 Å². The van der Waals surface area contributed by atoms with E-state index in [0.29, 0.717) is 22.2 Å². The van der Waals surface area contributed by atoms with Gasteiger partial charge < -0.3 is 10.1 Å². The maximum absolute atomic E-state index is 12.7. The van der Waals surface area contributed by atoms with Gasteiger partial charge in [-0.3, -0.25) is 9.32 Å². The molecule has 31 heavy (non-hydrogen) atoms. The number of ether oxygens (including phenoxy) is 1. The Morgan fingerprint density at radius 2 is 2.13 bits per heavy atom. The number of hydrogen-bond acceptors (Lipinski definition) is 7. The highest BCUT2D eigenvalue weighted by atomic mass is 32.2. The number of esters is 1. The molecule has 10 heteroatoms. The summed E-state index contributed by atoms with van der Waals surface area (Å²) in [4.78, 5) is 38.3. The molecule has 0 saturated heterocycles. The van der Waals surface area contributed by atoms with Gasteiger partial charge in [0, 0.05) is 17.0 Å². The van der Waals surface area contributed by atoms with Gasteiger partial charge in [-0.1, -0.05) is 25.1 Å². The summed E-state index contributed by atoms with van der Waals surface area (Å²) in [6, 6.07) is 9.17. The van der Waals surface area contributed by atoms with Crippen LogP contribution in [0.1, 0.15) is 34.1 Å². The number of para-hydroxylation sites is 1. The number of carbonyl (C=O) groups excluding carboxylic acids is 2. The third-order valence-electron chi connectivity index (χ3n) is 5.12. The number of carbonyl (C=O) groups is 2. The lowest BCUT2D eigenvalue weighted by Gasteiger charge is -2.18. The smallest absolute Gasteiger partial charge is 0.442 e. The quantitative estimate of drug-likeness (QED) is 0.333. The van der Waals surface area contributed by atoms with Gasteiger partial charge in [-0.2, -0.15) is 0 Å². The summed E-state index contributed by atoms with van der Waals surface area (Å²) in [6.07, 6.45) is 2.68. The molecule has 0 spiro atoms. The molecule has 0 fully saturated rings. The molecule has 0 bridgehead atoms. The minimum atomic E-state index is -0.558. The number of benzene rings is 1. The van der Waals surface area contributed by atoms with Gasteiger partial charge in [0.15, 0.2) is 0 Å². The van der Waals surface area contributed by atoms with Crippen molar-refractivity contribution in [2.24, 2.45) is 5.92 Å². The number of nitrogens with zero attached hydrogens (tertiary/aromatic N) is 1. The van der Waals surface area contributed by atoms with Crippen molar-refractivity contribution in [1.82, 2.24) is 5.27 Å². The monoisotopic (exact) mass is 460 g/mol. The molecular weight excluding hydrogens is 438 g/mol. The number of nitrogens with one attached hydrogen (secondary N) is 2. The summed E-state index contributed by atoms with van der Waals surface area (Å²) in [5.74, 6) is -0.239. The number of anilines is 1. The Morgan fingerprint density at radius 3 is 2.87 bits per heavy atom. The van der Waals surface area contributed by atoms with Gasteiger partial charge in [0.2, 0.25) is 11.6 Å². The van der Waals surface area contributed by atoms with Crippen molar-refractivity contribution in [3.05, 3.63) is 56.8 Å². The van der Waals surface area contributed by atoms with Crippen LogP contribution >= 0.6 is 23.1 Å². The molecule has 162 valence electrons. The van der Waals surface area contributed by atoms with Gasteiger partial charge in [-0.05, 0) is 52.5 Å². The SMILES string of the molecule is COC(=O)c1c(NC(=O)CSc2c(=O)o[nH][n+]2-c2ccccc2)sc2c1CCC(C)C2. The van der Waals surface area contributed by atoms with E-state index in [2.05, 4.69) is 17.5 Å². The van der Waals surface area contributed by atoms with E-state index in [1.165, 1.54) is 23.1 Å². The Morgan fingerprint density at radius 1 is 1.35 bits per heavy atom. The van der Waals surface area contributed by atoms with E-state index in [0.717, 1.165) is 41.5 Å². The first kappa shape index (κ1) is 21.4. The number of rotatable bonds is 6. The highest BCUT2D eigenvalue weighted by Gasteiger charge is 2.30. The minimum absolute atomic E-state index is 0.0188. The number of aromatic amines is 1. The molecule has 0 saturated carbocycles. The molecule has 2 N–H and O–H groups in total. The van der Waals surface area contributed by atoms with Crippen molar-refractivity contribution < 1.29 is 23.5 Å². The van der Waals surface area contributed by atoms with E-state index < -0.39 is 11.6 Å². The number of fused-ring (bicyclic) bond motifs is 1. The molecule has 1 atom stereocenters. The fourth-order valence-corrected chi connectivity index (χ4v) is 5.77. The van der Waals surface area contributed by atoms with Crippen LogP contribution in [0.15, 0.2) is 44.7 Å². The fourth-order valence-electron chi connectivity index (χ4n) is 3.59. The second kappa shape index (κ2) is 9.11. The molecule has 2 heterocycles. The van der Waals surface area contributed by atoms with Gasteiger partial charge in [-0.15, -0.1) is 11.3 Å². The summed E-state index contributed by atoms with van der Waals surface area (Å²) in [7, 11) is 1.34. The predicted molar refractivity (Wildman–Crippen MR) is 117 cm³/mol. The highest BCUT2D eigenvalue weighted by molar-refractivity contribution is 7.99. The lowest BCUT2D eigenvalue weighted by Crippen LogP contribution is -2.36. The van der Waals surface area contributed by atoms with Gasteiger partial charge in [0.1, 0.15) is 5.00 Å². The van der Waals surface area contributed by atoms with Crippen LogP contribution in [0.4, 0.5) is 5.00 Å². The number of hydrogen-bond donors (Lipinski definition) is 2. The molecule has 0 aliphatic heterocycles. The zero-order valence-electron chi connectivity index (χ0n) is 17.1. The molecular formula is C21H22N3O5S2+. The average molecular weight is 461 g/mol. The topological polar surface area (TPSA) is 105 Å². The third kappa shape index (κ3) is 4.45. The number of H-pyrrole nitrogens is 1. The van der Waals surface area contributed by atoms with Crippen LogP contribution in [-0.4, -0.2) is 30.0 Å². The predicted octanol–water partition coefficient (Wildman–Crippen LogP) is 2.95. The summed E-state index contributed by atoms with van der Waals surface area (Å²) in [6.45, 7) is 2.18. The fraction of sp³-hybridized carbons (Fsp3) is 0.333. The highest BCUT2D eigenvalue weighted by Crippen LogP contribution is 2.40. The molecule has 3 aromatic rings. The standard InChI is InChI=1S/C21H21N3O5S2/c1-12-8-9-14-15(10-12)31-18(17(14)20(26)28-2)22-16(25)11-30-19-21(27)29-23-24(19)13-6-4-3-5-7-13/h3-7,12H,8-11H2,1-2H3,(H-,22,23,25,26,27)/p+1. The van der Waals surface area contributed by atoms with Gasteiger partial charge >= 0.3 is 16.6 Å². The number of thioether (sulfide) groups is 1. The van der Waals surface area contributed by atoms with E-state index in [9.17, 15) is 14.4 Å². The summed E-state index contributed by atoms with van der Waals surface area (Å²) in [5, 5.41) is 6.16. The van der Waals surface area contributed by atoms with Crippen molar-refractivity contribution >= 4 is 40.0 Å². The Balaban J connectivity index is 1.51. The van der Waals surface area contributed by atoms with Crippen molar-refractivity contribution in [2.45, 2.75) is 31.2 Å². The maximum Gasteiger partial charge on any atom is 0.442 e. The Labute approximate surface area is 186 Å². The van der Waals surface area contributed by atoms with Crippen molar-refractivity contribution in [2.75, 3.05) is 18.2 Å². The minimum Gasteiger partial charge on any atom is -0.465 e. The van der Waals surface area contributed by atoms with Crippen molar-refractivity contribution in [3.63, 3.8) is 0 Å². The average Bonchev–Trinajstić information content (AvgIpc) is 3.31. The molecule has 1 aliphatic rings. The lowest BCUT2D eigenvalue weighted by molar-refractivity contribution is -0.704. The Bertz CT molecular complexity index is 1170. The van der Waals surface area contributed by atoms with Crippen LogP contribution in [0.5, 0.6) is 0 Å². The second-order valence-corrected chi connectivity index (χ2v) is 9.41. The molecule has 0 radical (unpaired) electrons. The van der Waals surface area contributed by atoms with E-state index in [1.807, 2.05) is 30.3 Å². The van der Waals surface area contributed by atoms with Crippen LogP contribution in [0.2, 0.25) is 0 Å². The third-order valence-corrected chi connectivity index (χ3v) is 7.31. The van der Waals surface area contributed by atoms with Crippen LogP contribution in [0.3, 0.4) is 0 Å². The van der Waals surface area contributed by atoms with Crippen LogP contribution < -0.4 is 15.6 Å². The first-order valence-corrected chi connectivity index (χ1v) is 11.6. The van der Waals surface area contributed by atoms with E-state index in [4.69, 9.17) is 9.26 Å². The number of amides is 1. The van der Waals surface area contributed by atoms with Crippen molar-refractivity contribution in [1.29, 1.82) is 0 Å². The number of thiophene rings is 1. The summed E-state index contributed by atoms with van der Waals surface area (Å²) in [5.41, 5.74) is 1.58. The number of methoxy groups -OCH3 is 1. The van der Waals surface area contributed by atoms with Gasteiger partial charge in [0.05, 0.1) is 18.4 Å². The second-order valence-electron chi connectivity index (χ2n) is 7.34. The van der Waals surface area contributed by atoms with Gasteiger partial charge in [-0.25, -0.2) is 9.59 Å². The largest absolute Gasteiger partial charge is 0.465 e. The molecule has 1 aromatic carbocycles. The maximum atomic E-state index is 12.7. The van der Waals surface area contributed by atoms with E-state index >= 15 is 0 Å². The Hall–Kier alpha value is -2.85. The normalized spacial score (nSPS) is 15.4. The zero-order valence-corrected chi connectivity index (χ0v) is 18.7. The van der Waals surface area contributed by atoms with Crippen molar-refractivity contribution in [3.8, 4) is 5.69 Å².